The number of anilines is 1. The molecule has 0 fully saturated rings. The monoisotopic (exact) mass is 293 g/mol. The predicted octanol–water partition coefficient (Wildman–Crippen LogP) is 1.87. The number of hydrogen-bond acceptors (Lipinski definition) is 4. The summed E-state index contributed by atoms with van der Waals surface area (Å²) in [4.78, 5) is 22.7. The Morgan fingerprint density at radius 2 is 1.76 bits per heavy atom. The van der Waals surface area contributed by atoms with Crippen LogP contribution in [0.15, 0.2) is 24.3 Å². The van der Waals surface area contributed by atoms with Crippen molar-refractivity contribution in [3.63, 3.8) is 0 Å². The third-order valence-electron chi connectivity index (χ3n) is 2.49. The molecule has 116 valence electrons. The smallest absolute Gasteiger partial charge is 0.412 e. The van der Waals surface area contributed by atoms with Crippen molar-refractivity contribution >= 4 is 17.7 Å². The van der Waals surface area contributed by atoms with E-state index in [0.29, 0.717) is 12.2 Å². The van der Waals surface area contributed by atoms with Gasteiger partial charge in [0.2, 0.25) is 5.91 Å². The first kappa shape index (κ1) is 17.0. The lowest BCUT2D eigenvalue weighted by molar-refractivity contribution is -0.119. The highest BCUT2D eigenvalue weighted by Gasteiger charge is 2.15. The van der Waals surface area contributed by atoms with E-state index in [1.165, 1.54) is 0 Å². The standard InChI is InChI=1S/C15H23N3O3/c1-15(2,3)21-14(20)18-12-7-5-11(6-8-12)9-17-10-13(19)16-4/h5-8,17H,9-10H2,1-4H3,(H,16,19)(H,18,20). The van der Waals surface area contributed by atoms with Gasteiger partial charge in [0.1, 0.15) is 5.60 Å². The van der Waals surface area contributed by atoms with Crippen LogP contribution < -0.4 is 16.0 Å². The Morgan fingerprint density at radius 3 is 2.29 bits per heavy atom. The molecule has 1 rings (SSSR count). The van der Waals surface area contributed by atoms with Gasteiger partial charge >= 0.3 is 6.09 Å². The summed E-state index contributed by atoms with van der Waals surface area (Å²) in [6.07, 6.45) is -0.479. The van der Waals surface area contributed by atoms with Crippen molar-refractivity contribution in [2.75, 3.05) is 18.9 Å². The fraction of sp³-hybridized carbons (Fsp3) is 0.467. The molecule has 0 aliphatic rings. The molecule has 0 aliphatic heterocycles. The Hall–Kier alpha value is -2.08. The molecule has 21 heavy (non-hydrogen) atoms. The van der Waals surface area contributed by atoms with Crippen LogP contribution in [0.1, 0.15) is 26.3 Å². The topological polar surface area (TPSA) is 79.5 Å². The zero-order valence-electron chi connectivity index (χ0n) is 12.9. The molecular weight excluding hydrogens is 270 g/mol. The van der Waals surface area contributed by atoms with Crippen molar-refractivity contribution in [3.05, 3.63) is 29.8 Å². The van der Waals surface area contributed by atoms with E-state index in [9.17, 15) is 9.59 Å². The van der Waals surface area contributed by atoms with E-state index < -0.39 is 11.7 Å². The number of rotatable bonds is 5. The van der Waals surface area contributed by atoms with Crippen molar-refractivity contribution in [2.24, 2.45) is 0 Å². The van der Waals surface area contributed by atoms with E-state index in [-0.39, 0.29) is 12.5 Å². The molecule has 2 amide bonds. The average Bonchev–Trinajstić information content (AvgIpc) is 2.38. The molecule has 0 aromatic heterocycles. The lowest BCUT2D eigenvalue weighted by Crippen LogP contribution is -2.30. The molecule has 0 aliphatic carbocycles. The first-order valence-corrected chi connectivity index (χ1v) is 6.80. The molecule has 0 bridgehead atoms. The van der Waals surface area contributed by atoms with Gasteiger partial charge in [-0.05, 0) is 38.5 Å². The van der Waals surface area contributed by atoms with E-state index >= 15 is 0 Å². The van der Waals surface area contributed by atoms with Gasteiger partial charge < -0.3 is 15.4 Å². The van der Waals surface area contributed by atoms with Crippen molar-refractivity contribution in [3.8, 4) is 0 Å². The van der Waals surface area contributed by atoms with Gasteiger partial charge in [-0.1, -0.05) is 12.1 Å². The number of amides is 2. The van der Waals surface area contributed by atoms with Gasteiger partial charge in [-0.2, -0.15) is 0 Å². The van der Waals surface area contributed by atoms with E-state index in [1.807, 2.05) is 32.9 Å². The third-order valence-corrected chi connectivity index (χ3v) is 2.49. The quantitative estimate of drug-likeness (QED) is 0.774. The fourth-order valence-electron chi connectivity index (χ4n) is 1.54. The van der Waals surface area contributed by atoms with Crippen LogP contribution in [0.25, 0.3) is 0 Å². The minimum atomic E-state index is -0.520. The van der Waals surface area contributed by atoms with Crippen LogP contribution in [-0.2, 0) is 16.1 Å². The Balaban J connectivity index is 2.43. The molecule has 0 radical (unpaired) electrons. The number of benzene rings is 1. The van der Waals surface area contributed by atoms with E-state index in [0.717, 1.165) is 5.56 Å². The van der Waals surface area contributed by atoms with E-state index in [2.05, 4.69) is 16.0 Å². The van der Waals surface area contributed by atoms with E-state index in [4.69, 9.17) is 4.74 Å². The summed E-state index contributed by atoms with van der Waals surface area (Å²) in [7, 11) is 1.60. The Bertz CT molecular complexity index is 478. The summed E-state index contributed by atoms with van der Waals surface area (Å²) >= 11 is 0. The number of ether oxygens (including phenoxy) is 1. The summed E-state index contributed by atoms with van der Waals surface area (Å²) < 4.78 is 5.17. The van der Waals surface area contributed by atoms with Gasteiger partial charge in [-0.3, -0.25) is 10.1 Å². The highest BCUT2D eigenvalue weighted by molar-refractivity contribution is 5.84. The molecule has 6 heteroatoms. The highest BCUT2D eigenvalue weighted by Crippen LogP contribution is 2.12. The van der Waals surface area contributed by atoms with Gasteiger partial charge in [-0.15, -0.1) is 0 Å². The Labute approximate surface area is 125 Å². The van der Waals surface area contributed by atoms with Gasteiger partial charge in [0.15, 0.2) is 0 Å². The SMILES string of the molecule is CNC(=O)CNCc1ccc(NC(=O)OC(C)(C)C)cc1. The van der Waals surface area contributed by atoms with Crippen LogP contribution in [0.2, 0.25) is 0 Å². The number of likely N-dealkylation sites (N-methyl/N-ethyl adjacent to an activating group) is 1. The molecule has 0 heterocycles. The van der Waals surface area contributed by atoms with E-state index in [1.54, 1.807) is 19.2 Å². The van der Waals surface area contributed by atoms with Crippen LogP contribution in [0.3, 0.4) is 0 Å². The minimum absolute atomic E-state index is 0.0572. The summed E-state index contributed by atoms with van der Waals surface area (Å²) in [6, 6.07) is 7.34. The second-order valence-electron chi connectivity index (χ2n) is 5.60. The van der Waals surface area contributed by atoms with Crippen molar-refractivity contribution in [1.29, 1.82) is 0 Å². The lowest BCUT2D eigenvalue weighted by Gasteiger charge is -2.19. The van der Waals surface area contributed by atoms with Crippen molar-refractivity contribution in [2.45, 2.75) is 32.9 Å². The normalized spacial score (nSPS) is 10.9. The largest absolute Gasteiger partial charge is 0.444 e. The maximum Gasteiger partial charge on any atom is 0.412 e. The number of carbonyl (C=O) groups excluding carboxylic acids is 2. The summed E-state index contributed by atoms with van der Waals surface area (Å²) in [5, 5.41) is 8.22. The molecule has 0 saturated heterocycles. The van der Waals surface area contributed by atoms with Crippen LogP contribution in [0.4, 0.5) is 10.5 Å². The first-order valence-electron chi connectivity index (χ1n) is 6.80. The molecule has 0 spiro atoms. The second-order valence-corrected chi connectivity index (χ2v) is 5.60. The third kappa shape index (κ3) is 7.31. The molecule has 0 unspecified atom stereocenters. The zero-order valence-corrected chi connectivity index (χ0v) is 12.9. The molecule has 3 N–H and O–H groups in total. The van der Waals surface area contributed by atoms with Crippen LogP contribution in [-0.4, -0.2) is 31.2 Å². The van der Waals surface area contributed by atoms with Crippen LogP contribution in [0.5, 0.6) is 0 Å². The summed E-state index contributed by atoms with van der Waals surface area (Å²) in [6.45, 7) is 6.30. The maximum absolute atomic E-state index is 11.6. The molecular formula is C15H23N3O3. The second kappa shape index (κ2) is 7.64. The van der Waals surface area contributed by atoms with Gasteiger partial charge in [-0.25, -0.2) is 4.79 Å². The molecule has 6 nitrogen and oxygen atoms in total. The van der Waals surface area contributed by atoms with Crippen molar-refractivity contribution < 1.29 is 14.3 Å². The Morgan fingerprint density at radius 1 is 1.14 bits per heavy atom. The molecule has 0 atom stereocenters. The van der Waals surface area contributed by atoms with Crippen LogP contribution >= 0.6 is 0 Å². The van der Waals surface area contributed by atoms with Gasteiger partial charge in [0.25, 0.3) is 0 Å². The predicted molar refractivity (Wildman–Crippen MR) is 82.1 cm³/mol. The summed E-state index contributed by atoms with van der Waals surface area (Å²) in [5.41, 5.74) is 1.17. The molecule has 1 aromatic rings. The van der Waals surface area contributed by atoms with Gasteiger partial charge in [0, 0.05) is 19.3 Å². The van der Waals surface area contributed by atoms with Crippen LogP contribution in [0, 0.1) is 0 Å². The maximum atomic E-state index is 11.6. The van der Waals surface area contributed by atoms with Gasteiger partial charge in [0.05, 0.1) is 6.54 Å². The molecule has 1 aromatic carbocycles. The van der Waals surface area contributed by atoms with Crippen molar-refractivity contribution in [1.82, 2.24) is 10.6 Å². The lowest BCUT2D eigenvalue weighted by atomic mass is 10.2. The Kier molecular flexibility index (Phi) is 6.17. The summed E-state index contributed by atoms with van der Waals surface area (Å²) in [5.74, 6) is -0.0572. The highest BCUT2D eigenvalue weighted by atomic mass is 16.6. The number of carbonyl (C=O) groups is 2. The first-order chi connectivity index (χ1) is 9.80. The minimum Gasteiger partial charge on any atom is -0.444 e. The molecule has 0 saturated carbocycles. The zero-order chi connectivity index (χ0) is 15.9. The average molecular weight is 293 g/mol. The number of nitrogens with one attached hydrogen (secondary N) is 3. The number of hydrogen-bond donors (Lipinski definition) is 3. The fourth-order valence-corrected chi connectivity index (χ4v) is 1.54.